The first kappa shape index (κ1) is 18.0. The number of halogens is 2. The molecule has 24 heavy (non-hydrogen) atoms. The number of hydrogen-bond donors (Lipinski definition) is 0. The topological polar surface area (TPSA) is 24.7 Å². The lowest BCUT2D eigenvalue weighted by atomic mass is 10.1. The van der Waals surface area contributed by atoms with Crippen molar-refractivity contribution in [1.82, 2.24) is 0 Å². The molecule has 0 unspecified atom stereocenters. The van der Waals surface area contributed by atoms with E-state index in [-0.39, 0.29) is 5.56 Å². The van der Waals surface area contributed by atoms with Crippen molar-refractivity contribution in [3.63, 3.8) is 0 Å². The van der Waals surface area contributed by atoms with Gasteiger partial charge in [-0.25, -0.2) is 8.78 Å². The lowest BCUT2D eigenvalue weighted by molar-refractivity contribution is 0.552. The van der Waals surface area contributed by atoms with E-state index in [0.717, 1.165) is 18.4 Å². The van der Waals surface area contributed by atoms with Crippen molar-refractivity contribution in [1.29, 1.82) is 0 Å². The highest BCUT2D eigenvalue weighted by molar-refractivity contribution is 5.82. The third kappa shape index (κ3) is 5.08. The highest BCUT2D eigenvalue weighted by Crippen LogP contribution is 2.16. The molecule has 2 rings (SSSR count). The van der Waals surface area contributed by atoms with Crippen LogP contribution in [0.3, 0.4) is 0 Å². The summed E-state index contributed by atoms with van der Waals surface area (Å²) in [5, 5.41) is 7.79. The van der Waals surface area contributed by atoms with Gasteiger partial charge in [0, 0.05) is 11.1 Å². The summed E-state index contributed by atoms with van der Waals surface area (Å²) in [6, 6.07) is 10.6. The third-order valence-electron chi connectivity index (χ3n) is 3.66. The Kier molecular flexibility index (Phi) is 6.79. The Bertz CT molecular complexity index is 696. The zero-order valence-electron chi connectivity index (χ0n) is 14.1. The lowest BCUT2D eigenvalue weighted by Crippen LogP contribution is -1.97. The summed E-state index contributed by atoms with van der Waals surface area (Å²) in [7, 11) is 0. The van der Waals surface area contributed by atoms with Crippen LogP contribution in [0, 0.1) is 11.6 Å². The second kappa shape index (κ2) is 9.06. The minimum Gasteiger partial charge on any atom is -0.207 e. The normalized spacial score (nSPS) is 11.7. The molecule has 0 saturated heterocycles. The van der Waals surface area contributed by atoms with Crippen LogP contribution >= 0.6 is 0 Å². The highest BCUT2D eigenvalue weighted by atomic mass is 19.1. The van der Waals surface area contributed by atoms with E-state index in [1.165, 1.54) is 23.9 Å². The van der Waals surface area contributed by atoms with Gasteiger partial charge in [-0.05, 0) is 36.1 Å². The van der Waals surface area contributed by atoms with E-state index in [0.29, 0.717) is 18.4 Å². The van der Waals surface area contributed by atoms with E-state index in [4.69, 9.17) is 0 Å². The first-order valence-electron chi connectivity index (χ1n) is 8.27. The van der Waals surface area contributed by atoms with Crippen LogP contribution in [0.4, 0.5) is 8.78 Å². The van der Waals surface area contributed by atoms with Gasteiger partial charge >= 0.3 is 0 Å². The Morgan fingerprint density at radius 3 is 1.88 bits per heavy atom. The standard InChI is InChI=1S/C20H22F2N2/c1-3-5-15-7-9-16(10-8-15)13-23-24-14-17-11-19(21)18(6-4-2)20(22)12-17/h7-14H,3-6H2,1-2H3. The number of rotatable bonds is 7. The van der Waals surface area contributed by atoms with Crippen LogP contribution in [0.25, 0.3) is 0 Å². The molecule has 0 saturated carbocycles. The summed E-state index contributed by atoms with van der Waals surface area (Å²) in [4.78, 5) is 0. The Balaban J connectivity index is 2.03. The molecule has 0 fully saturated rings. The molecule has 0 bridgehead atoms. The zero-order chi connectivity index (χ0) is 17.4. The van der Waals surface area contributed by atoms with Crippen LogP contribution < -0.4 is 0 Å². The minimum atomic E-state index is -0.534. The Morgan fingerprint density at radius 1 is 0.792 bits per heavy atom. The lowest BCUT2D eigenvalue weighted by Gasteiger charge is -2.04. The molecule has 0 amide bonds. The van der Waals surface area contributed by atoms with Gasteiger partial charge < -0.3 is 0 Å². The van der Waals surface area contributed by atoms with Gasteiger partial charge in [0.1, 0.15) is 11.6 Å². The second-order valence-corrected chi connectivity index (χ2v) is 5.69. The first-order chi connectivity index (χ1) is 11.6. The van der Waals surface area contributed by atoms with Crippen LogP contribution in [0.5, 0.6) is 0 Å². The van der Waals surface area contributed by atoms with Crippen molar-refractivity contribution in [3.05, 3.63) is 70.3 Å². The molecule has 2 nitrogen and oxygen atoms in total. The van der Waals surface area contributed by atoms with Crippen molar-refractivity contribution < 1.29 is 8.78 Å². The summed E-state index contributed by atoms with van der Waals surface area (Å²) >= 11 is 0. The van der Waals surface area contributed by atoms with E-state index < -0.39 is 11.6 Å². The fraction of sp³-hybridized carbons (Fsp3) is 0.300. The Morgan fingerprint density at radius 2 is 1.33 bits per heavy atom. The molecule has 0 aliphatic rings. The quantitative estimate of drug-likeness (QED) is 0.485. The van der Waals surface area contributed by atoms with E-state index in [9.17, 15) is 8.78 Å². The molecule has 0 N–H and O–H groups in total. The highest BCUT2D eigenvalue weighted by Gasteiger charge is 2.09. The predicted molar refractivity (Wildman–Crippen MR) is 96.0 cm³/mol. The van der Waals surface area contributed by atoms with Crippen LogP contribution in [-0.2, 0) is 12.8 Å². The Hall–Kier alpha value is -2.36. The molecule has 0 atom stereocenters. The molecule has 126 valence electrons. The molecule has 2 aromatic carbocycles. The summed E-state index contributed by atoms with van der Waals surface area (Å²) < 4.78 is 27.7. The average Bonchev–Trinajstić information content (AvgIpc) is 2.57. The van der Waals surface area contributed by atoms with Gasteiger partial charge in [0.2, 0.25) is 0 Å². The van der Waals surface area contributed by atoms with Gasteiger partial charge in [0.15, 0.2) is 0 Å². The first-order valence-corrected chi connectivity index (χ1v) is 8.27. The molecule has 2 aromatic rings. The number of aryl methyl sites for hydroxylation is 1. The Labute approximate surface area is 141 Å². The molecule has 4 heteroatoms. The van der Waals surface area contributed by atoms with Crippen LogP contribution in [0.15, 0.2) is 46.6 Å². The van der Waals surface area contributed by atoms with Gasteiger partial charge in [-0.1, -0.05) is 51.0 Å². The summed E-state index contributed by atoms with van der Waals surface area (Å²) in [6.45, 7) is 4.03. The molecule has 0 aromatic heterocycles. The van der Waals surface area contributed by atoms with Gasteiger partial charge in [0.25, 0.3) is 0 Å². The summed E-state index contributed by atoms with van der Waals surface area (Å²) in [5.41, 5.74) is 2.71. The second-order valence-electron chi connectivity index (χ2n) is 5.69. The molecular formula is C20H22F2N2. The molecular weight excluding hydrogens is 306 g/mol. The minimum absolute atomic E-state index is 0.130. The van der Waals surface area contributed by atoms with E-state index in [1.807, 2.05) is 19.1 Å². The zero-order valence-corrected chi connectivity index (χ0v) is 14.1. The predicted octanol–water partition coefficient (Wildman–Crippen LogP) is 5.32. The van der Waals surface area contributed by atoms with Crippen molar-refractivity contribution in [2.45, 2.75) is 39.5 Å². The average molecular weight is 328 g/mol. The number of benzene rings is 2. The van der Waals surface area contributed by atoms with Crippen LogP contribution in [0.1, 0.15) is 48.9 Å². The molecule has 0 radical (unpaired) electrons. The van der Waals surface area contributed by atoms with Crippen molar-refractivity contribution in [2.75, 3.05) is 0 Å². The van der Waals surface area contributed by atoms with Crippen molar-refractivity contribution in [3.8, 4) is 0 Å². The van der Waals surface area contributed by atoms with Gasteiger partial charge in [0.05, 0.1) is 12.4 Å². The third-order valence-corrected chi connectivity index (χ3v) is 3.66. The maximum absolute atomic E-state index is 13.8. The fourth-order valence-corrected chi connectivity index (χ4v) is 2.45. The molecule has 0 aliphatic carbocycles. The van der Waals surface area contributed by atoms with E-state index >= 15 is 0 Å². The van der Waals surface area contributed by atoms with Crippen LogP contribution in [0.2, 0.25) is 0 Å². The maximum atomic E-state index is 13.8. The molecule has 0 aliphatic heterocycles. The SMILES string of the molecule is CCCc1ccc(C=NN=Cc2cc(F)c(CCC)c(F)c2)cc1. The molecule has 0 spiro atoms. The summed E-state index contributed by atoms with van der Waals surface area (Å²) in [6.07, 6.45) is 6.22. The molecule has 0 heterocycles. The van der Waals surface area contributed by atoms with E-state index in [1.54, 1.807) is 6.21 Å². The summed E-state index contributed by atoms with van der Waals surface area (Å²) in [5.74, 6) is -1.07. The van der Waals surface area contributed by atoms with Crippen molar-refractivity contribution in [2.24, 2.45) is 10.2 Å². The van der Waals surface area contributed by atoms with Crippen molar-refractivity contribution >= 4 is 12.4 Å². The smallest absolute Gasteiger partial charge is 0.129 e. The largest absolute Gasteiger partial charge is 0.207 e. The van der Waals surface area contributed by atoms with Gasteiger partial charge in [-0.15, -0.1) is 0 Å². The number of hydrogen-bond acceptors (Lipinski definition) is 2. The number of nitrogens with zero attached hydrogens (tertiary/aromatic N) is 2. The maximum Gasteiger partial charge on any atom is 0.129 e. The van der Waals surface area contributed by atoms with Crippen LogP contribution in [-0.4, -0.2) is 12.4 Å². The van der Waals surface area contributed by atoms with E-state index in [2.05, 4.69) is 29.3 Å². The van der Waals surface area contributed by atoms with Gasteiger partial charge in [-0.2, -0.15) is 10.2 Å². The fourth-order valence-electron chi connectivity index (χ4n) is 2.45. The van der Waals surface area contributed by atoms with Gasteiger partial charge in [-0.3, -0.25) is 0 Å². The monoisotopic (exact) mass is 328 g/mol.